The molecule has 0 saturated heterocycles. The number of nitrogens with one attached hydrogen (secondary N) is 2. The Morgan fingerprint density at radius 3 is 2.12 bits per heavy atom. The van der Waals surface area contributed by atoms with Crippen molar-refractivity contribution in [1.29, 1.82) is 0 Å². The van der Waals surface area contributed by atoms with Crippen molar-refractivity contribution in [3.63, 3.8) is 0 Å². The van der Waals surface area contributed by atoms with Crippen LogP contribution in [-0.4, -0.2) is 48.1 Å². The lowest BCUT2D eigenvalue weighted by atomic mass is 10.0. The number of benzene rings is 3. The van der Waals surface area contributed by atoms with Gasteiger partial charge in [0.25, 0.3) is 0 Å². The average Bonchev–Trinajstić information content (AvgIpc) is 2.98. The number of carbonyl (C=O) groups excluding carboxylic acids is 3. The van der Waals surface area contributed by atoms with Gasteiger partial charge in [-0.25, -0.2) is 4.79 Å². The van der Waals surface area contributed by atoms with Crippen LogP contribution in [0.25, 0.3) is 0 Å². The zero-order valence-electron chi connectivity index (χ0n) is 22.6. The Bertz CT molecular complexity index is 1270. The van der Waals surface area contributed by atoms with Crippen molar-refractivity contribution in [2.45, 2.75) is 60.6 Å². The number of rotatable bonds is 12. The maximum atomic E-state index is 13.0. The van der Waals surface area contributed by atoms with Crippen LogP contribution in [0.15, 0.2) is 88.7 Å². The number of amides is 1. The summed E-state index contributed by atoms with van der Waals surface area (Å²) in [6, 6.07) is 22.6. The van der Waals surface area contributed by atoms with Crippen molar-refractivity contribution < 1.29 is 28.4 Å². The molecular weight excluding hydrogens is 528 g/mol. The van der Waals surface area contributed by atoms with Crippen LogP contribution in [0.5, 0.6) is 0 Å². The smallest absolute Gasteiger partial charge is 0.328 e. The van der Waals surface area contributed by atoms with Gasteiger partial charge in [-0.3, -0.25) is 9.59 Å². The Hall–Kier alpha value is -3.66. The molecule has 1 heterocycles. The third-order valence-corrected chi connectivity index (χ3v) is 8.29. The molecule has 0 aromatic heterocycles. The molecule has 210 valence electrons. The van der Waals surface area contributed by atoms with Gasteiger partial charge in [0.2, 0.25) is 5.91 Å². The number of likely N-dealkylation sites (N-methyl/N-ethyl adjacent to an activating group) is 1. The quantitative estimate of drug-likeness (QED) is 0.196. The second-order valence-electron chi connectivity index (χ2n) is 9.60. The second kappa shape index (κ2) is 14.1. The highest BCUT2D eigenvalue weighted by molar-refractivity contribution is 7.91. The summed E-state index contributed by atoms with van der Waals surface area (Å²) in [5.74, 6) is -1.65. The van der Waals surface area contributed by atoms with Crippen LogP contribution in [-0.2, 0) is 41.5 Å². The summed E-state index contributed by atoms with van der Waals surface area (Å²) in [6.07, 6.45) is 1.50. The average molecular weight is 563 g/mol. The van der Waals surface area contributed by atoms with Crippen LogP contribution in [0.3, 0.4) is 0 Å². The predicted octanol–water partition coefficient (Wildman–Crippen LogP) is 3.85. The van der Waals surface area contributed by atoms with E-state index in [1.807, 2.05) is 18.2 Å². The Kier molecular flexibility index (Phi) is 10.3. The normalized spacial score (nSPS) is 17.1. The van der Waals surface area contributed by atoms with E-state index in [9.17, 15) is 18.9 Å². The minimum atomic E-state index is -1.38. The number of carbonyl (C=O) groups is 3. The minimum absolute atomic E-state index is 0.256. The van der Waals surface area contributed by atoms with Crippen LogP contribution in [0.1, 0.15) is 49.0 Å². The molecule has 2 atom stereocenters. The molecule has 3 aromatic rings. The van der Waals surface area contributed by atoms with E-state index in [-0.39, 0.29) is 13.0 Å². The molecule has 0 spiro atoms. The van der Waals surface area contributed by atoms with Gasteiger partial charge in [0.05, 0.1) is 30.2 Å². The predicted molar refractivity (Wildman–Crippen MR) is 151 cm³/mol. The maximum absolute atomic E-state index is 13.0. The Balaban J connectivity index is 1.28. The number of hydrogen-bond donors (Lipinski definition) is 2. The fraction of sp³-hybridized carbons (Fsp3) is 0.323. The third-order valence-electron chi connectivity index (χ3n) is 6.75. The summed E-state index contributed by atoms with van der Waals surface area (Å²) in [6.45, 7) is 1.81. The van der Waals surface area contributed by atoms with E-state index in [1.54, 1.807) is 62.5 Å². The summed E-state index contributed by atoms with van der Waals surface area (Å²) in [5.41, 5.74) is 2.54. The molecule has 1 amide bonds. The molecule has 1 aliphatic heterocycles. The van der Waals surface area contributed by atoms with Crippen LogP contribution in [0.2, 0.25) is 0 Å². The number of ether oxygens (including phenoxy) is 2. The van der Waals surface area contributed by atoms with Crippen molar-refractivity contribution in [2.24, 2.45) is 0 Å². The van der Waals surface area contributed by atoms with Gasteiger partial charge in [-0.05, 0) is 63.1 Å². The third kappa shape index (κ3) is 7.29. The molecule has 0 saturated carbocycles. The van der Waals surface area contributed by atoms with Gasteiger partial charge >= 0.3 is 11.9 Å². The van der Waals surface area contributed by atoms with E-state index in [0.29, 0.717) is 27.3 Å². The first-order chi connectivity index (χ1) is 19.4. The summed E-state index contributed by atoms with van der Waals surface area (Å²) in [5, 5.41) is 5.44. The molecule has 0 bridgehead atoms. The van der Waals surface area contributed by atoms with Gasteiger partial charge in [-0.15, -0.1) is 0 Å². The molecule has 4 rings (SSSR count). The van der Waals surface area contributed by atoms with E-state index in [4.69, 9.17) is 9.47 Å². The van der Waals surface area contributed by atoms with Crippen LogP contribution in [0.4, 0.5) is 0 Å². The number of esters is 2. The van der Waals surface area contributed by atoms with Crippen molar-refractivity contribution in [3.05, 3.63) is 95.6 Å². The van der Waals surface area contributed by atoms with Crippen LogP contribution in [0, 0.1) is 0 Å². The van der Waals surface area contributed by atoms with E-state index >= 15 is 0 Å². The summed E-state index contributed by atoms with van der Waals surface area (Å²) >= 11 is -1.38. The Morgan fingerprint density at radius 2 is 1.50 bits per heavy atom. The van der Waals surface area contributed by atoms with Crippen molar-refractivity contribution in [2.75, 3.05) is 13.7 Å². The standard InChI is InChI=1S/C31H34N2O6S/c1-21(31(36)38-19-11-10-14-22-12-4-3-5-13-22)33-30(35)25(32-2)20-28(34)39-29-23-15-6-8-17-26(23)40(37)27-18-9-7-16-24(27)29/h3-9,12-13,15-18,21,25,29,32H,10-11,14,19-20H2,1-2H3,(H,33,35). The lowest BCUT2D eigenvalue weighted by molar-refractivity contribution is -0.150. The largest absolute Gasteiger partial charge is 0.606 e. The monoisotopic (exact) mass is 562 g/mol. The van der Waals surface area contributed by atoms with Gasteiger partial charge < -0.3 is 24.7 Å². The lowest BCUT2D eigenvalue weighted by Gasteiger charge is -2.28. The van der Waals surface area contributed by atoms with Gasteiger partial charge in [0, 0.05) is 11.2 Å². The minimum Gasteiger partial charge on any atom is -0.606 e. The fourth-order valence-electron chi connectivity index (χ4n) is 4.56. The molecule has 0 aliphatic carbocycles. The van der Waals surface area contributed by atoms with E-state index in [1.165, 1.54) is 5.56 Å². The summed E-state index contributed by atoms with van der Waals surface area (Å²) in [7, 11) is 1.56. The topological polar surface area (TPSA) is 117 Å². The number of unbranched alkanes of at least 4 members (excludes halogenated alkanes) is 1. The van der Waals surface area contributed by atoms with Crippen molar-refractivity contribution in [3.8, 4) is 0 Å². The molecule has 0 fully saturated rings. The maximum Gasteiger partial charge on any atom is 0.328 e. The van der Waals surface area contributed by atoms with Gasteiger partial charge in [-0.2, -0.15) is 0 Å². The Morgan fingerprint density at radius 1 is 0.900 bits per heavy atom. The number of hydrogen-bond acceptors (Lipinski definition) is 7. The van der Waals surface area contributed by atoms with Gasteiger partial charge in [-0.1, -0.05) is 54.6 Å². The van der Waals surface area contributed by atoms with E-state index < -0.39 is 47.2 Å². The zero-order chi connectivity index (χ0) is 28.5. The Labute approximate surface area is 237 Å². The van der Waals surface area contributed by atoms with Gasteiger partial charge in [0.1, 0.15) is 6.04 Å². The summed E-state index contributed by atoms with van der Waals surface area (Å²) < 4.78 is 24.2. The first-order valence-electron chi connectivity index (χ1n) is 13.4. The molecule has 9 heteroatoms. The second-order valence-corrected chi connectivity index (χ2v) is 11.0. The highest BCUT2D eigenvalue weighted by Gasteiger charge is 2.38. The first kappa shape index (κ1) is 29.3. The molecule has 3 aromatic carbocycles. The SMILES string of the molecule is CNC(CC(=O)OC1c2ccccc2[S+]([O-])c2ccccc21)C(=O)NC(C)C(=O)OCCCCc1ccccc1. The van der Waals surface area contributed by atoms with Gasteiger partial charge in [0.15, 0.2) is 15.9 Å². The van der Waals surface area contributed by atoms with Crippen molar-refractivity contribution >= 4 is 29.0 Å². The molecular formula is C31H34N2O6S. The highest BCUT2D eigenvalue weighted by atomic mass is 32.2. The summed E-state index contributed by atoms with van der Waals surface area (Å²) in [4.78, 5) is 39.4. The lowest BCUT2D eigenvalue weighted by Crippen LogP contribution is -2.49. The molecule has 1 aliphatic rings. The number of fused-ring (bicyclic) bond motifs is 2. The molecule has 0 radical (unpaired) electrons. The van der Waals surface area contributed by atoms with E-state index in [2.05, 4.69) is 22.8 Å². The van der Waals surface area contributed by atoms with Crippen molar-refractivity contribution in [1.82, 2.24) is 10.6 Å². The van der Waals surface area contributed by atoms with E-state index in [0.717, 1.165) is 12.8 Å². The molecule has 40 heavy (non-hydrogen) atoms. The highest BCUT2D eigenvalue weighted by Crippen LogP contribution is 2.42. The molecule has 2 unspecified atom stereocenters. The molecule has 2 N–H and O–H groups in total. The molecule has 8 nitrogen and oxygen atoms in total. The van der Waals surface area contributed by atoms with Crippen LogP contribution < -0.4 is 10.6 Å². The fourth-order valence-corrected chi connectivity index (χ4v) is 5.98. The zero-order valence-corrected chi connectivity index (χ0v) is 23.4. The first-order valence-corrected chi connectivity index (χ1v) is 14.5. The number of aryl methyl sites for hydroxylation is 1. The van der Waals surface area contributed by atoms with Crippen LogP contribution >= 0.6 is 0 Å².